The lowest BCUT2D eigenvalue weighted by Gasteiger charge is -2.31. The predicted molar refractivity (Wildman–Crippen MR) is 118 cm³/mol. The van der Waals surface area contributed by atoms with Gasteiger partial charge in [-0.25, -0.2) is 0 Å². The maximum atomic E-state index is 12.3. The fourth-order valence-electron chi connectivity index (χ4n) is 4.04. The Balaban J connectivity index is 1.43. The Morgan fingerprint density at radius 2 is 2.14 bits per heavy atom. The topological polar surface area (TPSA) is 107 Å². The van der Waals surface area contributed by atoms with E-state index in [0.717, 1.165) is 64.5 Å². The standard InChI is InChI=1S/C21H29N5O2S/c1-21(2)4-3-13(14(22)11-21)20(23)16-9-17-15(24-16)10-19(29-17)25-18(27)12-26-5-7-28-8-6-26/h9-10,23-24H,3-8,11-12,22H2,1-2H3,(H,25,27). The molecule has 1 aliphatic carbocycles. The van der Waals surface area contributed by atoms with Crippen LogP contribution in [0.4, 0.5) is 5.00 Å². The molecule has 2 aliphatic rings. The summed E-state index contributed by atoms with van der Waals surface area (Å²) in [6.07, 6.45) is 2.71. The molecule has 7 nitrogen and oxygen atoms in total. The summed E-state index contributed by atoms with van der Waals surface area (Å²) < 4.78 is 6.35. The molecular formula is C21H29N5O2S. The van der Waals surface area contributed by atoms with Crippen molar-refractivity contribution >= 4 is 38.2 Å². The van der Waals surface area contributed by atoms with Crippen LogP contribution in [0, 0.1) is 10.8 Å². The van der Waals surface area contributed by atoms with Crippen LogP contribution in [0.3, 0.4) is 0 Å². The summed E-state index contributed by atoms with van der Waals surface area (Å²) >= 11 is 1.52. The third-order valence-corrected chi connectivity index (χ3v) is 6.72. The molecule has 1 amide bonds. The largest absolute Gasteiger partial charge is 0.402 e. The van der Waals surface area contributed by atoms with E-state index in [2.05, 4.69) is 29.0 Å². The van der Waals surface area contributed by atoms with Gasteiger partial charge in [0.1, 0.15) is 0 Å². The molecule has 0 radical (unpaired) electrons. The lowest BCUT2D eigenvalue weighted by molar-refractivity contribution is -0.118. The Morgan fingerprint density at radius 1 is 1.38 bits per heavy atom. The SMILES string of the molecule is CC1(C)CCC(C(=N)c2cc3sc(NC(=O)CN4CCOCC4)cc3[nH]2)=C(N)C1. The predicted octanol–water partition coefficient (Wildman–Crippen LogP) is 3.29. The van der Waals surface area contributed by atoms with Crippen molar-refractivity contribution in [1.29, 1.82) is 5.41 Å². The molecule has 5 N–H and O–H groups in total. The average Bonchev–Trinajstić information content (AvgIpc) is 3.19. The number of allylic oxidation sites excluding steroid dienone is 2. The quantitative estimate of drug-likeness (QED) is 0.562. The van der Waals surface area contributed by atoms with Gasteiger partial charge in [0.05, 0.1) is 46.4 Å². The molecular weight excluding hydrogens is 386 g/mol. The Bertz CT molecular complexity index is 934. The van der Waals surface area contributed by atoms with Crippen LogP contribution >= 0.6 is 11.3 Å². The number of anilines is 1. The molecule has 2 aromatic rings. The summed E-state index contributed by atoms with van der Waals surface area (Å²) in [5.74, 6) is -0.00785. The number of nitrogens with one attached hydrogen (secondary N) is 3. The minimum absolute atomic E-state index is 0.00785. The summed E-state index contributed by atoms with van der Waals surface area (Å²) in [4.78, 5) is 17.7. The third-order valence-electron chi connectivity index (χ3n) is 5.72. The summed E-state index contributed by atoms with van der Waals surface area (Å²) in [5.41, 5.74) is 10.5. The first-order valence-electron chi connectivity index (χ1n) is 10.1. The van der Waals surface area contributed by atoms with Crippen LogP contribution in [0.25, 0.3) is 10.2 Å². The second-order valence-electron chi connectivity index (χ2n) is 8.73. The van der Waals surface area contributed by atoms with Gasteiger partial charge in [-0.05, 0) is 42.4 Å². The first-order valence-corrected chi connectivity index (χ1v) is 10.9. The number of hydrogen-bond donors (Lipinski definition) is 4. The van der Waals surface area contributed by atoms with Gasteiger partial charge in [-0.2, -0.15) is 0 Å². The molecule has 1 saturated heterocycles. The van der Waals surface area contributed by atoms with Crippen LogP contribution in [-0.2, 0) is 9.53 Å². The van der Waals surface area contributed by atoms with Crippen LogP contribution in [-0.4, -0.2) is 54.4 Å². The molecule has 0 aromatic carbocycles. The molecule has 1 aliphatic heterocycles. The number of carbonyl (C=O) groups is 1. The number of amides is 1. The number of hydrogen-bond acceptors (Lipinski definition) is 6. The van der Waals surface area contributed by atoms with Gasteiger partial charge in [-0.3, -0.25) is 15.1 Å². The summed E-state index contributed by atoms with van der Waals surface area (Å²) in [6.45, 7) is 7.78. The van der Waals surface area contributed by atoms with Crippen molar-refractivity contribution in [3.8, 4) is 0 Å². The first-order chi connectivity index (χ1) is 13.8. The second-order valence-corrected chi connectivity index (χ2v) is 9.81. The number of ether oxygens (including phenoxy) is 1. The average molecular weight is 416 g/mol. The van der Waals surface area contributed by atoms with Crippen LogP contribution in [0.15, 0.2) is 23.4 Å². The van der Waals surface area contributed by atoms with Crippen molar-refractivity contribution in [3.05, 3.63) is 29.1 Å². The number of aromatic amines is 1. The molecule has 0 atom stereocenters. The van der Waals surface area contributed by atoms with Gasteiger partial charge < -0.3 is 20.8 Å². The molecule has 0 saturated carbocycles. The third kappa shape index (κ3) is 4.55. The number of thiophene rings is 1. The van der Waals surface area contributed by atoms with Gasteiger partial charge in [-0.15, -0.1) is 11.3 Å². The highest BCUT2D eigenvalue weighted by Crippen LogP contribution is 2.38. The maximum absolute atomic E-state index is 12.3. The Labute approximate surface area is 174 Å². The normalized spacial score (nSPS) is 20.2. The lowest BCUT2D eigenvalue weighted by Crippen LogP contribution is -2.41. The molecule has 0 bridgehead atoms. The number of aromatic nitrogens is 1. The molecule has 1 fully saturated rings. The first kappa shape index (κ1) is 20.1. The van der Waals surface area contributed by atoms with Gasteiger partial charge in [0.25, 0.3) is 0 Å². The van der Waals surface area contributed by atoms with E-state index in [9.17, 15) is 4.79 Å². The number of fused-ring (bicyclic) bond motifs is 1. The molecule has 0 unspecified atom stereocenters. The van der Waals surface area contributed by atoms with Crippen LogP contribution in [0.2, 0.25) is 0 Å². The number of nitrogens with zero attached hydrogens (tertiary/aromatic N) is 1. The molecule has 29 heavy (non-hydrogen) atoms. The fraction of sp³-hybridized carbons (Fsp3) is 0.524. The fourth-order valence-corrected chi connectivity index (χ4v) is 5.02. The minimum Gasteiger partial charge on any atom is -0.402 e. The Morgan fingerprint density at radius 3 is 2.83 bits per heavy atom. The van der Waals surface area contributed by atoms with Crippen LogP contribution in [0.5, 0.6) is 0 Å². The highest BCUT2D eigenvalue weighted by molar-refractivity contribution is 7.23. The highest BCUT2D eigenvalue weighted by Gasteiger charge is 2.28. The van der Waals surface area contributed by atoms with Gasteiger partial charge in [0.2, 0.25) is 5.91 Å². The number of H-pyrrole nitrogens is 1. The van der Waals surface area contributed by atoms with Gasteiger partial charge in [0.15, 0.2) is 0 Å². The van der Waals surface area contributed by atoms with Crippen molar-refractivity contribution in [2.45, 2.75) is 33.1 Å². The number of morpholine rings is 1. The van der Waals surface area contributed by atoms with E-state index >= 15 is 0 Å². The van der Waals surface area contributed by atoms with E-state index in [1.165, 1.54) is 11.3 Å². The number of carbonyl (C=O) groups excluding carboxylic acids is 1. The van der Waals surface area contributed by atoms with Crippen molar-refractivity contribution < 1.29 is 9.53 Å². The zero-order valence-electron chi connectivity index (χ0n) is 17.1. The molecule has 4 rings (SSSR count). The van der Waals surface area contributed by atoms with Crippen molar-refractivity contribution in [2.75, 3.05) is 38.2 Å². The zero-order valence-corrected chi connectivity index (χ0v) is 17.9. The summed E-state index contributed by atoms with van der Waals surface area (Å²) in [5, 5.41) is 12.4. The van der Waals surface area contributed by atoms with Crippen LogP contribution < -0.4 is 11.1 Å². The van der Waals surface area contributed by atoms with E-state index in [-0.39, 0.29) is 11.3 Å². The van der Waals surface area contributed by atoms with E-state index in [4.69, 9.17) is 15.9 Å². The monoisotopic (exact) mass is 415 g/mol. The number of nitrogens with two attached hydrogens (primary N) is 1. The van der Waals surface area contributed by atoms with E-state index in [1.54, 1.807) is 0 Å². The molecule has 156 valence electrons. The van der Waals surface area contributed by atoms with Crippen molar-refractivity contribution in [2.24, 2.45) is 11.1 Å². The highest BCUT2D eigenvalue weighted by atomic mass is 32.1. The zero-order chi connectivity index (χ0) is 20.6. The summed E-state index contributed by atoms with van der Waals surface area (Å²) in [7, 11) is 0. The molecule has 3 heterocycles. The van der Waals surface area contributed by atoms with Gasteiger partial charge >= 0.3 is 0 Å². The maximum Gasteiger partial charge on any atom is 0.239 e. The van der Waals surface area contributed by atoms with Gasteiger partial charge in [0, 0.05) is 18.8 Å². The van der Waals surface area contributed by atoms with Crippen LogP contribution in [0.1, 0.15) is 38.8 Å². The van der Waals surface area contributed by atoms with Crippen molar-refractivity contribution in [3.63, 3.8) is 0 Å². The van der Waals surface area contributed by atoms with E-state index in [0.29, 0.717) is 25.5 Å². The molecule has 8 heteroatoms. The molecule has 2 aromatic heterocycles. The van der Waals surface area contributed by atoms with Gasteiger partial charge in [-0.1, -0.05) is 13.8 Å². The second kappa shape index (κ2) is 7.93. The molecule has 0 spiro atoms. The Kier molecular flexibility index (Phi) is 5.50. The lowest BCUT2D eigenvalue weighted by atomic mass is 9.75. The summed E-state index contributed by atoms with van der Waals surface area (Å²) in [6, 6.07) is 3.93. The smallest absolute Gasteiger partial charge is 0.239 e. The van der Waals surface area contributed by atoms with E-state index < -0.39 is 0 Å². The Hall–Kier alpha value is -2.16. The number of rotatable bonds is 5. The minimum atomic E-state index is -0.00785. The van der Waals surface area contributed by atoms with E-state index in [1.807, 2.05) is 12.1 Å². The van der Waals surface area contributed by atoms with Crippen molar-refractivity contribution in [1.82, 2.24) is 9.88 Å².